The molecule has 2 N–H and O–H groups in total. The fraction of sp³-hybridized carbons (Fsp3) is 0.438. The number of methoxy groups -OCH3 is 1. The Kier molecular flexibility index (Phi) is 4.98. The van der Waals surface area contributed by atoms with Crippen LogP contribution in [0.5, 0.6) is 5.75 Å². The number of hydrogen-bond donors (Lipinski definition) is 2. The lowest BCUT2D eigenvalue weighted by Crippen LogP contribution is -2.39. The molecule has 2 aromatic rings. The SMILES string of the molecule is COc1ccc(C)cc1C(O)CNC(C)(C)c1nccs1. The van der Waals surface area contributed by atoms with Gasteiger partial charge in [-0.15, -0.1) is 11.3 Å². The fourth-order valence-electron chi connectivity index (χ4n) is 2.18. The van der Waals surface area contributed by atoms with Crippen LogP contribution in [0.15, 0.2) is 29.8 Å². The molecule has 0 spiro atoms. The highest BCUT2D eigenvalue weighted by atomic mass is 32.1. The van der Waals surface area contributed by atoms with Gasteiger partial charge in [-0.25, -0.2) is 4.98 Å². The average Bonchev–Trinajstić information content (AvgIpc) is 3.00. The highest BCUT2D eigenvalue weighted by Crippen LogP contribution is 2.28. The number of benzene rings is 1. The summed E-state index contributed by atoms with van der Waals surface area (Å²) in [4.78, 5) is 4.34. The molecule has 0 radical (unpaired) electrons. The summed E-state index contributed by atoms with van der Waals surface area (Å²) < 4.78 is 5.33. The normalized spacial score (nSPS) is 13.2. The first-order valence-corrected chi connectivity index (χ1v) is 7.79. The number of hydrogen-bond acceptors (Lipinski definition) is 5. The number of nitrogens with zero attached hydrogens (tertiary/aromatic N) is 1. The van der Waals surface area contributed by atoms with E-state index in [2.05, 4.69) is 24.1 Å². The average molecular weight is 306 g/mol. The molecule has 1 heterocycles. The molecule has 1 atom stereocenters. The number of nitrogens with one attached hydrogen (secondary N) is 1. The number of aromatic nitrogens is 1. The molecule has 1 aromatic heterocycles. The van der Waals surface area contributed by atoms with Gasteiger partial charge in [0.2, 0.25) is 0 Å². The van der Waals surface area contributed by atoms with Crippen LogP contribution in [0.4, 0.5) is 0 Å². The lowest BCUT2D eigenvalue weighted by molar-refractivity contribution is 0.157. The van der Waals surface area contributed by atoms with E-state index in [0.717, 1.165) is 16.1 Å². The Morgan fingerprint density at radius 2 is 2.19 bits per heavy atom. The summed E-state index contributed by atoms with van der Waals surface area (Å²) in [5, 5.41) is 16.8. The van der Waals surface area contributed by atoms with Crippen molar-refractivity contribution in [2.45, 2.75) is 32.4 Å². The van der Waals surface area contributed by atoms with E-state index >= 15 is 0 Å². The van der Waals surface area contributed by atoms with E-state index in [9.17, 15) is 5.11 Å². The van der Waals surface area contributed by atoms with Gasteiger partial charge in [0.15, 0.2) is 0 Å². The smallest absolute Gasteiger partial charge is 0.124 e. The summed E-state index contributed by atoms with van der Waals surface area (Å²) in [7, 11) is 1.62. The number of thiazole rings is 1. The first-order chi connectivity index (χ1) is 9.94. The maximum atomic E-state index is 10.5. The number of aliphatic hydroxyl groups excluding tert-OH is 1. The van der Waals surface area contributed by atoms with Crippen LogP contribution in [-0.4, -0.2) is 23.7 Å². The zero-order chi connectivity index (χ0) is 15.5. The fourth-order valence-corrected chi connectivity index (χ4v) is 2.92. The minimum atomic E-state index is -0.626. The van der Waals surface area contributed by atoms with Crippen LogP contribution < -0.4 is 10.1 Å². The molecule has 0 aliphatic carbocycles. The molecule has 0 fully saturated rings. The summed E-state index contributed by atoms with van der Waals surface area (Å²) in [6, 6.07) is 5.82. The number of ether oxygens (including phenoxy) is 1. The lowest BCUT2D eigenvalue weighted by atomic mass is 10.0. The molecule has 114 valence electrons. The molecule has 4 nitrogen and oxygen atoms in total. The maximum Gasteiger partial charge on any atom is 0.124 e. The van der Waals surface area contributed by atoms with Crippen LogP contribution in [0.1, 0.15) is 36.1 Å². The van der Waals surface area contributed by atoms with Gasteiger partial charge in [-0.3, -0.25) is 0 Å². The van der Waals surface area contributed by atoms with Crippen LogP contribution in [0.3, 0.4) is 0 Å². The quantitative estimate of drug-likeness (QED) is 0.861. The molecule has 0 aliphatic rings. The van der Waals surface area contributed by atoms with Gasteiger partial charge in [0, 0.05) is 23.7 Å². The van der Waals surface area contributed by atoms with Crippen molar-refractivity contribution in [2.24, 2.45) is 0 Å². The summed E-state index contributed by atoms with van der Waals surface area (Å²) in [6.45, 7) is 6.56. The molecule has 1 aromatic carbocycles. The zero-order valence-corrected chi connectivity index (χ0v) is 13.7. The van der Waals surface area contributed by atoms with Crippen molar-refractivity contribution in [1.82, 2.24) is 10.3 Å². The Balaban J connectivity index is 2.08. The summed E-state index contributed by atoms with van der Waals surface area (Å²) in [6.07, 6.45) is 1.17. The van der Waals surface area contributed by atoms with E-state index in [1.54, 1.807) is 24.6 Å². The number of aryl methyl sites for hydroxylation is 1. The standard InChI is InChI=1S/C16H22N2O2S/c1-11-5-6-14(20-4)12(9-11)13(19)10-18-16(2,3)15-17-7-8-21-15/h5-9,13,18-19H,10H2,1-4H3. The van der Waals surface area contributed by atoms with Gasteiger partial charge in [0.25, 0.3) is 0 Å². The van der Waals surface area contributed by atoms with Crippen LogP contribution in [0, 0.1) is 6.92 Å². The second-order valence-electron chi connectivity index (χ2n) is 5.60. The third-order valence-corrected chi connectivity index (χ3v) is 4.55. The van der Waals surface area contributed by atoms with E-state index in [-0.39, 0.29) is 5.54 Å². The highest BCUT2D eigenvalue weighted by molar-refractivity contribution is 7.09. The molecule has 0 saturated carbocycles. The largest absolute Gasteiger partial charge is 0.496 e. The van der Waals surface area contributed by atoms with Crippen molar-refractivity contribution >= 4 is 11.3 Å². The van der Waals surface area contributed by atoms with Crippen LogP contribution in [-0.2, 0) is 5.54 Å². The van der Waals surface area contributed by atoms with Crippen molar-refractivity contribution in [3.05, 3.63) is 45.9 Å². The van der Waals surface area contributed by atoms with E-state index in [4.69, 9.17) is 4.74 Å². The van der Waals surface area contributed by atoms with E-state index in [1.807, 2.05) is 30.5 Å². The molecule has 21 heavy (non-hydrogen) atoms. The number of aliphatic hydroxyl groups is 1. The van der Waals surface area contributed by atoms with Crippen molar-refractivity contribution < 1.29 is 9.84 Å². The van der Waals surface area contributed by atoms with Gasteiger partial charge in [0.05, 0.1) is 18.8 Å². The second-order valence-corrected chi connectivity index (χ2v) is 6.50. The Morgan fingerprint density at radius 3 is 2.81 bits per heavy atom. The first-order valence-electron chi connectivity index (χ1n) is 6.91. The van der Waals surface area contributed by atoms with Gasteiger partial charge >= 0.3 is 0 Å². The minimum Gasteiger partial charge on any atom is -0.496 e. The van der Waals surface area contributed by atoms with Crippen molar-refractivity contribution in [3.8, 4) is 5.75 Å². The van der Waals surface area contributed by atoms with E-state index in [0.29, 0.717) is 12.3 Å². The summed E-state index contributed by atoms with van der Waals surface area (Å²) >= 11 is 1.61. The van der Waals surface area contributed by atoms with Gasteiger partial charge in [-0.2, -0.15) is 0 Å². The first kappa shape index (κ1) is 15.9. The molecular weight excluding hydrogens is 284 g/mol. The molecule has 5 heteroatoms. The van der Waals surface area contributed by atoms with Crippen molar-refractivity contribution in [2.75, 3.05) is 13.7 Å². The van der Waals surface area contributed by atoms with Crippen LogP contribution in [0.25, 0.3) is 0 Å². The van der Waals surface area contributed by atoms with Crippen molar-refractivity contribution in [1.29, 1.82) is 0 Å². The predicted molar refractivity (Wildman–Crippen MR) is 85.8 cm³/mol. The molecule has 0 bridgehead atoms. The zero-order valence-electron chi connectivity index (χ0n) is 12.9. The van der Waals surface area contributed by atoms with Gasteiger partial charge < -0.3 is 15.2 Å². The highest BCUT2D eigenvalue weighted by Gasteiger charge is 2.24. The van der Waals surface area contributed by atoms with Gasteiger partial charge in [0.1, 0.15) is 10.8 Å². The Morgan fingerprint density at radius 1 is 1.43 bits per heavy atom. The van der Waals surface area contributed by atoms with Gasteiger partial charge in [-0.1, -0.05) is 11.6 Å². The molecule has 0 amide bonds. The minimum absolute atomic E-state index is 0.272. The summed E-state index contributed by atoms with van der Waals surface area (Å²) in [5.41, 5.74) is 1.63. The molecular formula is C16H22N2O2S. The Hall–Kier alpha value is -1.43. The maximum absolute atomic E-state index is 10.5. The molecule has 2 rings (SSSR count). The molecule has 0 saturated heterocycles. The topological polar surface area (TPSA) is 54.4 Å². The Labute approximate surface area is 129 Å². The molecule has 0 aliphatic heterocycles. The Bertz CT molecular complexity index is 582. The van der Waals surface area contributed by atoms with E-state index in [1.165, 1.54) is 0 Å². The second kappa shape index (κ2) is 6.56. The monoisotopic (exact) mass is 306 g/mol. The van der Waals surface area contributed by atoms with Crippen LogP contribution in [0.2, 0.25) is 0 Å². The van der Waals surface area contributed by atoms with Crippen LogP contribution >= 0.6 is 11.3 Å². The third kappa shape index (κ3) is 3.81. The molecule has 1 unspecified atom stereocenters. The van der Waals surface area contributed by atoms with Gasteiger partial charge in [-0.05, 0) is 32.9 Å². The van der Waals surface area contributed by atoms with Crippen molar-refractivity contribution in [3.63, 3.8) is 0 Å². The number of rotatable bonds is 6. The predicted octanol–water partition coefficient (Wildman–Crippen LogP) is 3.02. The summed E-state index contributed by atoms with van der Waals surface area (Å²) in [5.74, 6) is 0.710. The lowest BCUT2D eigenvalue weighted by Gasteiger charge is -2.26. The third-order valence-electron chi connectivity index (χ3n) is 3.45. The van der Waals surface area contributed by atoms with E-state index < -0.39 is 6.10 Å².